The first-order valence-electron chi connectivity index (χ1n) is 8.95. The quantitative estimate of drug-likeness (QED) is 0.633. The molecule has 9 nitrogen and oxygen atoms in total. The lowest BCUT2D eigenvalue weighted by molar-refractivity contribution is -0.133. The Balaban J connectivity index is 1.58. The molecular formula is C19H22N6O3. The fourth-order valence-electron chi connectivity index (χ4n) is 2.86. The van der Waals surface area contributed by atoms with Crippen molar-refractivity contribution in [2.75, 3.05) is 13.1 Å². The van der Waals surface area contributed by atoms with Gasteiger partial charge in [0, 0.05) is 20.1 Å². The SMILES string of the molecule is CCN(Cc1ccccc1)C(=O)CNC(=O)Cn1cnc2c(cnn2C)c1=O. The largest absolute Gasteiger partial charge is 0.345 e. The van der Waals surface area contributed by atoms with E-state index in [2.05, 4.69) is 15.4 Å². The van der Waals surface area contributed by atoms with Crippen molar-refractivity contribution in [2.45, 2.75) is 20.0 Å². The molecule has 0 fully saturated rings. The first kappa shape index (κ1) is 19.3. The summed E-state index contributed by atoms with van der Waals surface area (Å²) in [7, 11) is 1.69. The minimum Gasteiger partial charge on any atom is -0.345 e. The van der Waals surface area contributed by atoms with E-state index < -0.39 is 5.91 Å². The monoisotopic (exact) mass is 382 g/mol. The highest BCUT2D eigenvalue weighted by Crippen LogP contribution is 2.05. The van der Waals surface area contributed by atoms with E-state index in [1.165, 1.54) is 21.8 Å². The summed E-state index contributed by atoms with van der Waals surface area (Å²) in [5.41, 5.74) is 1.13. The molecule has 0 bridgehead atoms. The van der Waals surface area contributed by atoms with Crippen molar-refractivity contribution in [3.8, 4) is 0 Å². The third-order valence-corrected chi connectivity index (χ3v) is 4.42. The molecule has 0 aliphatic rings. The van der Waals surface area contributed by atoms with Gasteiger partial charge in [-0.1, -0.05) is 30.3 Å². The molecule has 0 aliphatic heterocycles. The fourth-order valence-corrected chi connectivity index (χ4v) is 2.86. The molecule has 0 saturated heterocycles. The van der Waals surface area contributed by atoms with Crippen LogP contribution in [0.3, 0.4) is 0 Å². The van der Waals surface area contributed by atoms with Crippen molar-refractivity contribution in [3.05, 3.63) is 58.8 Å². The van der Waals surface area contributed by atoms with Crippen LogP contribution in [-0.4, -0.2) is 49.1 Å². The predicted octanol–water partition coefficient (Wildman–Crippen LogP) is 0.295. The molecule has 9 heteroatoms. The number of nitrogens with one attached hydrogen (secondary N) is 1. The zero-order valence-electron chi connectivity index (χ0n) is 15.8. The first-order valence-corrected chi connectivity index (χ1v) is 8.95. The molecule has 2 heterocycles. The summed E-state index contributed by atoms with van der Waals surface area (Å²) < 4.78 is 2.69. The van der Waals surface area contributed by atoms with Gasteiger partial charge in [0.1, 0.15) is 18.3 Å². The Morgan fingerprint density at radius 1 is 1.21 bits per heavy atom. The number of amides is 2. The lowest BCUT2D eigenvalue weighted by Crippen LogP contribution is -2.41. The van der Waals surface area contributed by atoms with Gasteiger partial charge in [0.05, 0.1) is 12.7 Å². The molecule has 2 amide bonds. The Labute approximate surface area is 161 Å². The van der Waals surface area contributed by atoms with Crippen molar-refractivity contribution in [3.63, 3.8) is 0 Å². The number of rotatable bonds is 7. The number of carbonyl (C=O) groups is 2. The van der Waals surface area contributed by atoms with Crippen LogP contribution < -0.4 is 10.9 Å². The minimum absolute atomic E-state index is 0.128. The molecular weight excluding hydrogens is 360 g/mol. The van der Waals surface area contributed by atoms with Crippen LogP contribution in [0.15, 0.2) is 47.7 Å². The van der Waals surface area contributed by atoms with Gasteiger partial charge in [-0.2, -0.15) is 5.10 Å². The molecule has 0 radical (unpaired) electrons. The van der Waals surface area contributed by atoms with Crippen LogP contribution in [0.2, 0.25) is 0 Å². The van der Waals surface area contributed by atoms with Crippen LogP contribution in [0, 0.1) is 0 Å². The van der Waals surface area contributed by atoms with Crippen LogP contribution in [0.25, 0.3) is 11.0 Å². The number of aryl methyl sites for hydroxylation is 1. The third-order valence-electron chi connectivity index (χ3n) is 4.42. The highest BCUT2D eigenvalue weighted by molar-refractivity contribution is 5.84. The van der Waals surface area contributed by atoms with E-state index in [1.807, 2.05) is 37.3 Å². The van der Waals surface area contributed by atoms with Gasteiger partial charge in [0.25, 0.3) is 5.56 Å². The molecule has 3 aromatic rings. The van der Waals surface area contributed by atoms with E-state index in [-0.39, 0.29) is 24.6 Å². The van der Waals surface area contributed by atoms with Crippen LogP contribution in [0.1, 0.15) is 12.5 Å². The van der Waals surface area contributed by atoms with E-state index >= 15 is 0 Å². The summed E-state index contributed by atoms with van der Waals surface area (Å²) >= 11 is 0. The first-order chi connectivity index (χ1) is 13.5. The molecule has 1 aromatic carbocycles. The molecule has 0 aliphatic carbocycles. The van der Waals surface area contributed by atoms with Gasteiger partial charge in [-0.15, -0.1) is 0 Å². The maximum Gasteiger partial charge on any atom is 0.264 e. The van der Waals surface area contributed by atoms with Crippen LogP contribution >= 0.6 is 0 Å². The van der Waals surface area contributed by atoms with Crippen molar-refractivity contribution < 1.29 is 9.59 Å². The Kier molecular flexibility index (Phi) is 5.83. The van der Waals surface area contributed by atoms with Gasteiger partial charge < -0.3 is 10.2 Å². The van der Waals surface area contributed by atoms with Gasteiger partial charge in [-0.3, -0.25) is 23.6 Å². The Bertz CT molecular complexity index is 1040. The Hall–Kier alpha value is -3.49. The number of fused-ring (bicyclic) bond motifs is 1. The average Bonchev–Trinajstić information content (AvgIpc) is 3.08. The maximum atomic E-state index is 12.4. The van der Waals surface area contributed by atoms with Crippen molar-refractivity contribution >= 4 is 22.8 Å². The fraction of sp³-hybridized carbons (Fsp3) is 0.316. The summed E-state index contributed by atoms with van der Waals surface area (Å²) in [4.78, 5) is 42.8. The Morgan fingerprint density at radius 3 is 2.68 bits per heavy atom. The molecule has 0 atom stereocenters. The number of aromatic nitrogens is 4. The van der Waals surface area contributed by atoms with Crippen molar-refractivity contribution in [1.82, 2.24) is 29.5 Å². The van der Waals surface area contributed by atoms with Gasteiger partial charge in [0.2, 0.25) is 11.8 Å². The topological polar surface area (TPSA) is 102 Å². The Morgan fingerprint density at radius 2 is 1.96 bits per heavy atom. The van der Waals surface area contributed by atoms with Gasteiger partial charge in [-0.05, 0) is 12.5 Å². The summed E-state index contributed by atoms with van der Waals surface area (Å²) in [6, 6.07) is 9.65. The second-order valence-electron chi connectivity index (χ2n) is 6.35. The minimum atomic E-state index is -0.434. The number of hydrogen-bond acceptors (Lipinski definition) is 5. The van der Waals surface area contributed by atoms with E-state index in [0.717, 1.165) is 5.56 Å². The third kappa shape index (κ3) is 4.25. The van der Waals surface area contributed by atoms with Crippen LogP contribution in [0.4, 0.5) is 0 Å². The van der Waals surface area contributed by atoms with Crippen molar-refractivity contribution in [2.24, 2.45) is 7.05 Å². The normalized spacial score (nSPS) is 10.8. The van der Waals surface area contributed by atoms with Crippen LogP contribution in [-0.2, 0) is 29.7 Å². The zero-order valence-corrected chi connectivity index (χ0v) is 15.8. The summed E-state index contributed by atoms with van der Waals surface area (Å²) in [5, 5.41) is 6.90. The van der Waals surface area contributed by atoms with Gasteiger partial charge >= 0.3 is 0 Å². The molecule has 28 heavy (non-hydrogen) atoms. The van der Waals surface area contributed by atoms with E-state index in [0.29, 0.717) is 24.1 Å². The number of hydrogen-bond donors (Lipinski definition) is 1. The molecule has 0 spiro atoms. The number of benzene rings is 1. The van der Waals surface area contributed by atoms with E-state index in [1.54, 1.807) is 11.9 Å². The summed E-state index contributed by atoms with van der Waals surface area (Å²) in [6.45, 7) is 2.56. The average molecular weight is 382 g/mol. The maximum absolute atomic E-state index is 12.4. The number of nitrogens with zero attached hydrogens (tertiary/aromatic N) is 5. The van der Waals surface area contributed by atoms with Crippen molar-refractivity contribution in [1.29, 1.82) is 0 Å². The smallest absolute Gasteiger partial charge is 0.264 e. The molecule has 3 rings (SSSR count). The number of likely N-dealkylation sites (N-methyl/N-ethyl adjacent to an activating group) is 1. The summed E-state index contributed by atoms with van der Waals surface area (Å²) in [6.07, 6.45) is 2.73. The van der Waals surface area contributed by atoms with E-state index in [4.69, 9.17) is 0 Å². The predicted molar refractivity (Wildman–Crippen MR) is 103 cm³/mol. The molecule has 0 saturated carbocycles. The van der Waals surface area contributed by atoms with Gasteiger partial charge in [0.15, 0.2) is 5.65 Å². The van der Waals surface area contributed by atoms with Gasteiger partial charge in [-0.25, -0.2) is 4.98 Å². The summed E-state index contributed by atoms with van der Waals surface area (Å²) in [5.74, 6) is -0.621. The van der Waals surface area contributed by atoms with E-state index in [9.17, 15) is 14.4 Å². The molecule has 146 valence electrons. The zero-order chi connectivity index (χ0) is 20.1. The molecule has 1 N–H and O–H groups in total. The molecule has 0 unspecified atom stereocenters. The van der Waals surface area contributed by atoms with Crippen LogP contribution in [0.5, 0.6) is 0 Å². The lowest BCUT2D eigenvalue weighted by atomic mass is 10.2. The second kappa shape index (κ2) is 8.47. The molecule has 2 aromatic heterocycles. The lowest BCUT2D eigenvalue weighted by Gasteiger charge is -2.21. The highest BCUT2D eigenvalue weighted by atomic mass is 16.2. The standard InChI is InChI=1S/C19H22N6O3/c1-3-24(11-14-7-5-4-6-8-14)17(27)10-20-16(26)12-25-13-21-18-15(19(25)28)9-22-23(18)2/h4-9,13H,3,10-12H2,1-2H3,(H,20,26). The number of carbonyl (C=O) groups excluding carboxylic acids is 2. The highest BCUT2D eigenvalue weighted by Gasteiger charge is 2.15. The second-order valence-corrected chi connectivity index (χ2v) is 6.35.